The minimum atomic E-state index is 0.683. The van der Waals surface area contributed by atoms with E-state index in [9.17, 15) is 4.79 Å². The molecule has 1 radical (unpaired) electrons. The molecule has 0 N–H and O–H groups in total. The fraction of sp³-hybridized carbons (Fsp3) is 0.167. The molecule has 1 rings (SSSR count). The van der Waals surface area contributed by atoms with E-state index in [0.29, 0.717) is 4.88 Å². The summed E-state index contributed by atoms with van der Waals surface area (Å²) < 4.78 is 0. The van der Waals surface area contributed by atoms with Crippen molar-refractivity contribution < 1.29 is 4.79 Å². The number of hydrogen-bond acceptors (Lipinski definition) is 2. The molecule has 0 unspecified atom stereocenters. The molecule has 0 bridgehead atoms. The lowest BCUT2D eigenvalue weighted by Crippen LogP contribution is -1.63. The van der Waals surface area contributed by atoms with Gasteiger partial charge in [0.25, 0.3) is 0 Å². The topological polar surface area (TPSA) is 17.1 Å². The summed E-state index contributed by atoms with van der Waals surface area (Å²) in [7, 11) is 0. The van der Waals surface area contributed by atoms with Gasteiger partial charge in [-0.3, -0.25) is 4.79 Å². The van der Waals surface area contributed by atoms with E-state index in [2.05, 4.69) is 0 Å². The summed E-state index contributed by atoms with van der Waals surface area (Å²) in [5.74, 6) is 0. The number of carbonyl (C=O) groups excluding carboxylic acids is 1. The van der Waals surface area contributed by atoms with Crippen LogP contribution in [0.5, 0.6) is 0 Å². The zero-order chi connectivity index (χ0) is 5.98. The molecule has 8 heavy (non-hydrogen) atoms. The van der Waals surface area contributed by atoms with E-state index in [1.54, 1.807) is 6.07 Å². The smallest absolute Gasteiger partial charge is 0.244 e. The van der Waals surface area contributed by atoms with Crippen molar-refractivity contribution in [2.75, 3.05) is 0 Å². The Labute approximate surface area is 52.0 Å². The van der Waals surface area contributed by atoms with E-state index in [-0.39, 0.29) is 0 Å². The Morgan fingerprint density at radius 1 is 1.62 bits per heavy atom. The summed E-state index contributed by atoms with van der Waals surface area (Å²) in [6.45, 7) is 1.96. The molecule has 0 atom stereocenters. The lowest BCUT2D eigenvalue weighted by molar-refractivity contribution is 0.563. The second-order valence-electron chi connectivity index (χ2n) is 1.51. The molecule has 1 heterocycles. The predicted octanol–water partition coefficient (Wildman–Crippen LogP) is 1.51. The van der Waals surface area contributed by atoms with Gasteiger partial charge >= 0.3 is 0 Å². The van der Waals surface area contributed by atoms with Crippen molar-refractivity contribution in [3.63, 3.8) is 0 Å². The van der Waals surface area contributed by atoms with Gasteiger partial charge in [0.2, 0.25) is 6.29 Å². The average molecular weight is 125 g/mol. The minimum Gasteiger partial charge on any atom is -0.284 e. The average Bonchev–Trinajstić information content (AvgIpc) is 2.14. The second kappa shape index (κ2) is 2.09. The number of rotatable bonds is 1. The van der Waals surface area contributed by atoms with Crippen LogP contribution >= 0.6 is 11.3 Å². The van der Waals surface area contributed by atoms with E-state index in [4.69, 9.17) is 0 Å². The molecule has 41 valence electrons. The Bertz CT molecular complexity index is 190. The lowest BCUT2D eigenvalue weighted by Gasteiger charge is -1.70. The summed E-state index contributed by atoms with van der Waals surface area (Å²) in [4.78, 5) is 11.7. The largest absolute Gasteiger partial charge is 0.284 e. The summed E-state index contributed by atoms with van der Waals surface area (Å²) in [5.41, 5.74) is 0. The van der Waals surface area contributed by atoms with Crippen LogP contribution in [0, 0.1) is 6.92 Å². The fourth-order valence-corrected chi connectivity index (χ4v) is 1.15. The quantitative estimate of drug-likeness (QED) is 0.556. The molecule has 1 aromatic rings. The Morgan fingerprint density at radius 2 is 2.38 bits per heavy atom. The van der Waals surface area contributed by atoms with Gasteiger partial charge in [0.05, 0.1) is 4.88 Å². The van der Waals surface area contributed by atoms with E-state index in [1.165, 1.54) is 11.3 Å². The molecule has 0 aromatic carbocycles. The van der Waals surface area contributed by atoms with Gasteiger partial charge in [-0.25, -0.2) is 0 Å². The molecule has 1 nitrogen and oxygen atoms in total. The van der Waals surface area contributed by atoms with E-state index in [0.717, 1.165) is 4.88 Å². The molecule has 2 heteroatoms. The summed E-state index contributed by atoms with van der Waals surface area (Å²) in [5, 5.41) is 0. The maximum atomic E-state index is 9.91. The molecule has 0 aliphatic heterocycles. The summed E-state index contributed by atoms with van der Waals surface area (Å²) >= 11 is 1.46. The van der Waals surface area contributed by atoms with Gasteiger partial charge in [0.15, 0.2) is 0 Å². The first-order valence-corrected chi connectivity index (χ1v) is 3.09. The predicted molar refractivity (Wildman–Crippen MR) is 33.9 cm³/mol. The first kappa shape index (κ1) is 5.51. The highest BCUT2D eigenvalue weighted by Crippen LogP contribution is 2.11. The molecule has 1 aromatic heterocycles. The van der Waals surface area contributed by atoms with Crippen LogP contribution in [0.1, 0.15) is 9.75 Å². The van der Waals surface area contributed by atoms with Gasteiger partial charge in [-0.2, -0.15) is 0 Å². The molecular weight excluding hydrogens is 120 g/mol. The Balaban J connectivity index is 3.00. The van der Waals surface area contributed by atoms with Crippen molar-refractivity contribution in [1.29, 1.82) is 0 Å². The SMILES string of the molecule is Cc1ccc([C]=O)s1. The monoisotopic (exact) mass is 125 g/mol. The highest BCUT2D eigenvalue weighted by atomic mass is 32.1. The highest BCUT2D eigenvalue weighted by Gasteiger charge is 1.91. The maximum absolute atomic E-state index is 9.91. The third kappa shape index (κ3) is 0.954. The van der Waals surface area contributed by atoms with Crippen molar-refractivity contribution >= 4 is 17.6 Å². The molecule has 0 aliphatic rings. The van der Waals surface area contributed by atoms with Gasteiger partial charge in [-0.05, 0) is 19.1 Å². The third-order valence-corrected chi connectivity index (χ3v) is 1.74. The number of thiophene rings is 1. The van der Waals surface area contributed by atoms with Crippen molar-refractivity contribution in [1.82, 2.24) is 0 Å². The van der Waals surface area contributed by atoms with Crippen molar-refractivity contribution in [2.24, 2.45) is 0 Å². The zero-order valence-electron chi connectivity index (χ0n) is 4.47. The molecule has 0 amide bonds. The van der Waals surface area contributed by atoms with Crippen LogP contribution in [-0.4, -0.2) is 6.29 Å². The molecule has 0 fully saturated rings. The summed E-state index contributed by atoms with van der Waals surface area (Å²) in [6.07, 6.45) is 1.82. The maximum Gasteiger partial charge on any atom is 0.244 e. The molecule has 0 aliphatic carbocycles. The first-order chi connectivity index (χ1) is 3.83. The highest BCUT2D eigenvalue weighted by molar-refractivity contribution is 7.13. The van der Waals surface area contributed by atoms with Crippen LogP contribution < -0.4 is 0 Å². The molecule has 0 saturated carbocycles. The van der Waals surface area contributed by atoms with Crippen molar-refractivity contribution in [3.05, 3.63) is 21.9 Å². The first-order valence-electron chi connectivity index (χ1n) is 2.27. The Hall–Kier alpha value is -0.630. The third-order valence-electron chi connectivity index (χ3n) is 0.841. The van der Waals surface area contributed by atoms with Crippen LogP contribution in [0.2, 0.25) is 0 Å². The van der Waals surface area contributed by atoms with E-state index in [1.807, 2.05) is 19.3 Å². The van der Waals surface area contributed by atoms with E-state index >= 15 is 0 Å². The normalized spacial score (nSPS) is 9.12. The Morgan fingerprint density at radius 3 is 2.62 bits per heavy atom. The van der Waals surface area contributed by atoms with Crippen molar-refractivity contribution in [3.8, 4) is 0 Å². The standard InChI is InChI=1S/C6H5OS/c1-5-2-3-6(4-7)8-5/h2-3H,1H3. The zero-order valence-corrected chi connectivity index (χ0v) is 5.29. The van der Waals surface area contributed by atoms with Crippen LogP contribution in [0.25, 0.3) is 0 Å². The van der Waals surface area contributed by atoms with Gasteiger partial charge in [-0.1, -0.05) is 0 Å². The fourth-order valence-electron chi connectivity index (χ4n) is 0.489. The van der Waals surface area contributed by atoms with Crippen LogP contribution in [-0.2, 0) is 4.79 Å². The Kier molecular flexibility index (Phi) is 1.44. The van der Waals surface area contributed by atoms with Gasteiger partial charge in [0, 0.05) is 4.88 Å². The van der Waals surface area contributed by atoms with Gasteiger partial charge in [0.1, 0.15) is 0 Å². The number of aryl methyl sites for hydroxylation is 1. The van der Waals surface area contributed by atoms with Crippen LogP contribution in [0.3, 0.4) is 0 Å². The molecule has 0 saturated heterocycles. The lowest BCUT2D eigenvalue weighted by atomic mass is 10.5. The molecule has 0 spiro atoms. The second-order valence-corrected chi connectivity index (χ2v) is 2.80. The summed E-state index contributed by atoms with van der Waals surface area (Å²) in [6, 6.07) is 3.68. The van der Waals surface area contributed by atoms with Crippen molar-refractivity contribution in [2.45, 2.75) is 6.92 Å². The number of hydrogen-bond donors (Lipinski definition) is 0. The minimum absolute atomic E-state index is 0.683. The van der Waals surface area contributed by atoms with Gasteiger partial charge in [-0.15, -0.1) is 11.3 Å². The van der Waals surface area contributed by atoms with Gasteiger partial charge < -0.3 is 0 Å². The van der Waals surface area contributed by atoms with Crippen LogP contribution in [0.15, 0.2) is 12.1 Å². The van der Waals surface area contributed by atoms with E-state index < -0.39 is 0 Å². The molecular formula is C6H5OS. The van der Waals surface area contributed by atoms with Crippen LogP contribution in [0.4, 0.5) is 0 Å².